The first-order chi connectivity index (χ1) is 4.68. The van der Waals surface area contributed by atoms with Crippen LogP contribution in [0.4, 0.5) is 0 Å². The van der Waals surface area contributed by atoms with E-state index in [4.69, 9.17) is 5.73 Å². The van der Waals surface area contributed by atoms with Gasteiger partial charge in [-0.1, -0.05) is 0 Å². The van der Waals surface area contributed by atoms with Crippen molar-refractivity contribution < 1.29 is 9.59 Å². The van der Waals surface area contributed by atoms with Gasteiger partial charge in [0.25, 0.3) is 0 Å². The molecule has 0 aromatic heterocycles. The predicted octanol–water partition coefficient (Wildman–Crippen LogP) is -1.05. The van der Waals surface area contributed by atoms with Crippen molar-refractivity contribution in [3.05, 3.63) is 0 Å². The molecular formula is C6H11N2O2. The summed E-state index contributed by atoms with van der Waals surface area (Å²) >= 11 is 0. The molecule has 0 aliphatic rings. The van der Waals surface area contributed by atoms with Crippen LogP contribution in [-0.2, 0) is 9.59 Å². The Morgan fingerprint density at radius 2 is 2.40 bits per heavy atom. The second kappa shape index (κ2) is 4.93. The fourth-order valence-electron chi connectivity index (χ4n) is 0.398. The second-order valence-electron chi connectivity index (χ2n) is 1.97. The van der Waals surface area contributed by atoms with Crippen LogP contribution >= 0.6 is 0 Å². The van der Waals surface area contributed by atoms with Gasteiger partial charge in [0.15, 0.2) is 6.29 Å². The molecule has 3 N–H and O–H groups in total. The Kier molecular flexibility index (Phi) is 4.49. The highest BCUT2D eigenvalue weighted by atomic mass is 16.2. The highest BCUT2D eigenvalue weighted by Gasteiger charge is 2.04. The standard InChI is InChI=1S/C6H11N2O2/c1-5(7)6(10)8-3-2-4-9/h5H,2-3,7H2,1H3,(H,8,10)/t5-/m0/s1. The van der Waals surface area contributed by atoms with Crippen LogP contribution in [0.3, 0.4) is 0 Å². The van der Waals surface area contributed by atoms with E-state index in [2.05, 4.69) is 5.32 Å². The Morgan fingerprint density at radius 3 is 2.80 bits per heavy atom. The van der Waals surface area contributed by atoms with Gasteiger partial charge < -0.3 is 11.1 Å². The molecule has 0 aromatic rings. The molecule has 0 heterocycles. The normalized spacial score (nSPS) is 12.2. The largest absolute Gasteiger partial charge is 0.354 e. The van der Waals surface area contributed by atoms with Gasteiger partial charge >= 0.3 is 0 Å². The fourth-order valence-corrected chi connectivity index (χ4v) is 0.398. The van der Waals surface area contributed by atoms with Crippen molar-refractivity contribution in [3.63, 3.8) is 0 Å². The van der Waals surface area contributed by atoms with E-state index in [1.807, 2.05) is 0 Å². The number of amides is 1. The smallest absolute Gasteiger partial charge is 0.236 e. The van der Waals surface area contributed by atoms with E-state index in [9.17, 15) is 9.59 Å². The number of carbonyl (C=O) groups excluding carboxylic acids is 2. The molecule has 0 aliphatic carbocycles. The van der Waals surface area contributed by atoms with Gasteiger partial charge in [0.1, 0.15) is 0 Å². The summed E-state index contributed by atoms with van der Waals surface area (Å²) in [5.41, 5.74) is 5.21. The third-order valence-electron chi connectivity index (χ3n) is 0.940. The molecule has 0 aromatic carbocycles. The molecule has 4 heteroatoms. The van der Waals surface area contributed by atoms with Crippen molar-refractivity contribution in [2.24, 2.45) is 5.73 Å². The fraction of sp³-hybridized carbons (Fsp3) is 0.667. The first kappa shape index (κ1) is 9.10. The summed E-state index contributed by atoms with van der Waals surface area (Å²) in [6.07, 6.45) is 1.88. The number of carbonyl (C=O) groups is 1. The van der Waals surface area contributed by atoms with Crippen LogP contribution in [-0.4, -0.2) is 24.8 Å². The summed E-state index contributed by atoms with van der Waals surface area (Å²) in [4.78, 5) is 20.3. The Morgan fingerprint density at radius 1 is 1.80 bits per heavy atom. The minimum absolute atomic E-state index is 0.221. The highest BCUT2D eigenvalue weighted by Crippen LogP contribution is 1.74. The molecule has 0 saturated heterocycles. The molecule has 1 amide bonds. The molecule has 0 spiro atoms. The molecule has 0 rings (SSSR count). The lowest BCUT2D eigenvalue weighted by Gasteiger charge is -2.04. The van der Waals surface area contributed by atoms with E-state index in [1.54, 1.807) is 13.2 Å². The quantitative estimate of drug-likeness (QED) is 0.493. The van der Waals surface area contributed by atoms with Crippen molar-refractivity contribution in [3.8, 4) is 0 Å². The summed E-state index contributed by atoms with van der Waals surface area (Å²) < 4.78 is 0. The molecule has 0 fully saturated rings. The minimum Gasteiger partial charge on any atom is -0.354 e. The third-order valence-corrected chi connectivity index (χ3v) is 0.940. The van der Waals surface area contributed by atoms with Crippen molar-refractivity contribution in [1.82, 2.24) is 5.32 Å². The summed E-state index contributed by atoms with van der Waals surface area (Å²) in [6.45, 7) is 1.91. The van der Waals surface area contributed by atoms with Gasteiger partial charge in [-0.2, -0.15) is 0 Å². The predicted molar refractivity (Wildman–Crippen MR) is 37.0 cm³/mol. The van der Waals surface area contributed by atoms with Crippen LogP contribution in [0.2, 0.25) is 0 Å². The van der Waals surface area contributed by atoms with Gasteiger partial charge in [-0.05, 0) is 6.92 Å². The molecule has 0 aliphatic heterocycles. The monoisotopic (exact) mass is 143 g/mol. The Balaban J connectivity index is 3.30. The molecule has 1 radical (unpaired) electrons. The molecule has 0 bridgehead atoms. The number of hydrogen-bond donors (Lipinski definition) is 2. The van der Waals surface area contributed by atoms with E-state index in [-0.39, 0.29) is 12.3 Å². The average molecular weight is 143 g/mol. The van der Waals surface area contributed by atoms with Crippen LogP contribution in [0.25, 0.3) is 0 Å². The molecule has 10 heavy (non-hydrogen) atoms. The van der Waals surface area contributed by atoms with Crippen LogP contribution in [0, 0.1) is 0 Å². The van der Waals surface area contributed by atoms with Gasteiger partial charge in [-0.15, -0.1) is 0 Å². The lowest BCUT2D eigenvalue weighted by Crippen LogP contribution is -2.38. The average Bonchev–Trinajstić information content (AvgIpc) is 1.88. The first-order valence-corrected chi connectivity index (χ1v) is 3.06. The van der Waals surface area contributed by atoms with Crippen LogP contribution < -0.4 is 11.1 Å². The van der Waals surface area contributed by atoms with Gasteiger partial charge in [0.2, 0.25) is 5.91 Å². The second-order valence-corrected chi connectivity index (χ2v) is 1.97. The van der Waals surface area contributed by atoms with Crippen molar-refractivity contribution >= 4 is 12.2 Å². The van der Waals surface area contributed by atoms with Crippen molar-refractivity contribution in [1.29, 1.82) is 0 Å². The summed E-state index contributed by atoms with van der Waals surface area (Å²) in [6, 6.07) is -0.508. The van der Waals surface area contributed by atoms with E-state index in [1.165, 1.54) is 0 Å². The van der Waals surface area contributed by atoms with E-state index < -0.39 is 6.04 Å². The highest BCUT2D eigenvalue weighted by molar-refractivity contribution is 5.81. The Labute approximate surface area is 59.8 Å². The molecule has 0 saturated carbocycles. The summed E-state index contributed by atoms with van der Waals surface area (Å²) in [5, 5.41) is 2.46. The molecule has 0 unspecified atom stereocenters. The number of hydrogen-bond acceptors (Lipinski definition) is 3. The van der Waals surface area contributed by atoms with Gasteiger partial charge in [-0.3, -0.25) is 9.59 Å². The molecule has 4 nitrogen and oxygen atoms in total. The zero-order valence-electron chi connectivity index (χ0n) is 5.89. The zero-order valence-corrected chi connectivity index (χ0v) is 5.89. The lowest BCUT2D eigenvalue weighted by molar-refractivity contribution is -0.121. The third kappa shape index (κ3) is 4.03. The SMILES string of the molecule is C[C@H](N)C(=O)NCC[C]=O. The minimum atomic E-state index is -0.508. The van der Waals surface area contributed by atoms with Gasteiger partial charge in [0.05, 0.1) is 6.04 Å². The molecule has 57 valence electrons. The van der Waals surface area contributed by atoms with Crippen molar-refractivity contribution in [2.75, 3.05) is 6.54 Å². The van der Waals surface area contributed by atoms with E-state index in [0.29, 0.717) is 6.54 Å². The summed E-state index contributed by atoms with van der Waals surface area (Å²) in [5.74, 6) is -0.241. The molecular weight excluding hydrogens is 132 g/mol. The van der Waals surface area contributed by atoms with E-state index in [0.717, 1.165) is 0 Å². The Bertz CT molecular complexity index is 123. The maximum absolute atomic E-state index is 10.7. The maximum atomic E-state index is 10.7. The lowest BCUT2D eigenvalue weighted by atomic mass is 10.3. The zero-order chi connectivity index (χ0) is 7.98. The maximum Gasteiger partial charge on any atom is 0.236 e. The van der Waals surface area contributed by atoms with E-state index >= 15 is 0 Å². The van der Waals surface area contributed by atoms with Crippen LogP contribution in [0.1, 0.15) is 13.3 Å². The number of nitrogens with two attached hydrogens (primary N) is 1. The van der Waals surface area contributed by atoms with Crippen LogP contribution in [0.5, 0.6) is 0 Å². The first-order valence-electron chi connectivity index (χ1n) is 3.06. The molecule has 1 atom stereocenters. The van der Waals surface area contributed by atoms with Crippen molar-refractivity contribution in [2.45, 2.75) is 19.4 Å². The van der Waals surface area contributed by atoms with Gasteiger partial charge in [-0.25, -0.2) is 0 Å². The topological polar surface area (TPSA) is 72.2 Å². The number of nitrogens with one attached hydrogen (secondary N) is 1. The summed E-state index contributed by atoms with van der Waals surface area (Å²) in [7, 11) is 0. The van der Waals surface area contributed by atoms with Crippen LogP contribution in [0.15, 0.2) is 0 Å². The Hall–Kier alpha value is -0.900. The number of rotatable bonds is 4. The van der Waals surface area contributed by atoms with Gasteiger partial charge in [0, 0.05) is 13.0 Å².